The van der Waals surface area contributed by atoms with Crippen molar-refractivity contribution in [3.63, 3.8) is 0 Å². The zero-order chi connectivity index (χ0) is 13.5. The van der Waals surface area contributed by atoms with Gasteiger partial charge in [-0.25, -0.2) is 4.39 Å². The number of methoxy groups -OCH3 is 1. The second-order valence-electron chi connectivity index (χ2n) is 4.73. The summed E-state index contributed by atoms with van der Waals surface area (Å²) < 4.78 is 18.5. The first-order chi connectivity index (χ1) is 8.56. The summed E-state index contributed by atoms with van der Waals surface area (Å²) in [6, 6.07) is 5.41. The Morgan fingerprint density at radius 3 is 2.50 bits per heavy atom. The summed E-state index contributed by atoms with van der Waals surface area (Å²) in [7, 11) is 1.69. The minimum Gasteiger partial charge on any atom is -0.383 e. The average molecular weight is 254 g/mol. The second-order valence-corrected chi connectivity index (χ2v) is 4.73. The highest BCUT2D eigenvalue weighted by Crippen LogP contribution is 2.13. The molecule has 0 heterocycles. The quantitative estimate of drug-likeness (QED) is 0.810. The molecule has 0 radical (unpaired) electrons. The van der Waals surface area contributed by atoms with Gasteiger partial charge in [0.1, 0.15) is 5.82 Å². The minimum atomic E-state index is -0.219. The van der Waals surface area contributed by atoms with Gasteiger partial charge in [0.25, 0.3) is 0 Å². The van der Waals surface area contributed by atoms with Gasteiger partial charge in [-0.3, -0.25) is 4.90 Å². The Hall–Kier alpha value is -0.970. The standard InChI is InChI=1S/C14H23FN2O/c1-11(2)17(4-5-18-3)10-13-6-12(9-16)7-14(15)8-13/h6-8,11H,4-5,9-10,16H2,1-3H3. The van der Waals surface area contributed by atoms with Crippen molar-refractivity contribution in [1.82, 2.24) is 4.90 Å². The zero-order valence-corrected chi connectivity index (χ0v) is 11.4. The highest BCUT2D eigenvalue weighted by atomic mass is 19.1. The summed E-state index contributed by atoms with van der Waals surface area (Å²) in [4.78, 5) is 2.25. The fraction of sp³-hybridized carbons (Fsp3) is 0.571. The van der Waals surface area contributed by atoms with Crippen molar-refractivity contribution >= 4 is 0 Å². The molecule has 0 aromatic heterocycles. The largest absolute Gasteiger partial charge is 0.383 e. The molecule has 0 spiro atoms. The summed E-state index contributed by atoms with van der Waals surface area (Å²) in [5.41, 5.74) is 7.35. The number of halogens is 1. The molecule has 0 atom stereocenters. The molecule has 0 saturated carbocycles. The third-order valence-corrected chi connectivity index (χ3v) is 2.95. The predicted molar refractivity (Wildman–Crippen MR) is 71.7 cm³/mol. The van der Waals surface area contributed by atoms with Crippen LogP contribution in [0.2, 0.25) is 0 Å². The van der Waals surface area contributed by atoms with Gasteiger partial charge < -0.3 is 10.5 Å². The van der Waals surface area contributed by atoms with Gasteiger partial charge in [0.2, 0.25) is 0 Å². The van der Waals surface area contributed by atoms with E-state index in [0.717, 1.165) is 17.7 Å². The molecular weight excluding hydrogens is 231 g/mol. The summed E-state index contributed by atoms with van der Waals surface area (Å²) in [6.45, 7) is 6.84. The highest BCUT2D eigenvalue weighted by molar-refractivity contribution is 5.24. The van der Waals surface area contributed by atoms with Crippen molar-refractivity contribution in [3.05, 3.63) is 35.1 Å². The Morgan fingerprint density at radius 1 is 1.28 bits per heavy atom. The van der Waals surface area contributed by atoms with Gasteiger partial charge in [-0.2, -0.15) is 0 Å². The van der Waals surface area contributed by atoms with Gasteiger partial charge in [-0.15, -0.1) is 0 Å². The van der Waals surface area contributed by atoms with Crippen molar-refractivity contribution in [2.45, 2.75) is 33.0 Å². The van der Waals surface area contributed by atoms with Crippen LogP contribution in [0.15, 0.2) is 18.2 Å². The van der Waals surface area contributed by atoms with Gasteiger partial charge in [0.15, 0.2) is 0 Å². The van der Waals surface area contributed by atoms with E-state index >= 15 is 0 Å². The molecule has 1 aromatic carbocycles. The van der Waals surface area contributed by atoms with Gasteiger partial charge >= 0.3 is 0 Å². The molecule has 0 aliphatic heterocycles. The molecular formula is C14H23FN2O. The number of nitrogens with zero attached hydrogens (tertiary/aromatic N) is 1. The van der Waals surface area contributed by atoms with Crippen LogP contribution in [0.3, 0.4) is 0 Å². The summed E-state index contributed by atoms with van der Waals surface area (Å²) in [5.74, 6) is -0.219. The molecule has 0 aliphatic rings. The lowest BCUT2D eigenvalue weighted by Crippen LogP contribution is -2.33. The number of ether oxygens (including phenoxy) is 1. The van der Waals surface area contributed by atoms with Gasteiger partial charge in [-0.05, 0) is 37.1 Å². The second kappa shape index (κ2) is 7.46. The Morgan fingerprint density at radius 2 is 1.94 bits per heavy atom. The highest BCUT2D eigenvalue weighted by Gasteiger charge is 2.11. The molecule has 0 saturated heterocycles. The van der Waals surface area contributed by atoms with Gasteiger partial charge in [0, 0.05) is 32.8 Å². The zero-order valence-electron chi connectivity index (χ0n) is 11.4. The monoisotopic (exact) mass is 254 g/mol. The van der Waals surface area contributed by atoms with E-state index in [1.807, 2.05) is 6.07 Å². The molecule has 0 unspecified atom stereocenters. The SMILES string of the molecule is COCCN(Cc1cc(F)cc(CN)c1)C(C)C. The van der Waals surface area contributed by atoms with E-state index < -0.39 is 0 Å². The number of nitrogens with two attached hydrogens (primary N) is 1. The van der Waals surface area contributed by atoms with Crippen LogP contribution in [0.1, 0.15) is 25.0 Å². The molecule has 3 nitrogen and oxygen atoms in total. The van der Waals surface area contributed by atoms with Crippen LogP contribution in [0.4, 0.5) is 4.39 Å². The van der Waals surface area contributed by atoms with E-state index in [0.29, 0.717) is 25.7 Å². The molecule has 0 bridgehead atoms. The summed E-state index contributed by atoms with van der Waals surface area (Å²) in [5, 5.41) is 0. The fourth-order valence-electron chi connectivity index (χ4n) is 1.89. The Kier molecular flexibility index (Phi) is 6.25. The van der Waals surface area contributed by atoms with Crippen molar-refractivity contribution in [2.24, 2.45) is 5.73 Å². The van der Waals surface area contributed by atoms with Gasteiger partial charge in [-0.1, -0.05) is 6.07 Å². The topological polar surface area (TPSA) is 38.5 Å². The average Bonchev–Trinajstić information content (AvgIpc) is 2.33. The van der Waals surface area contributed by atoms with Crippen LogP contribution in [0.5, 0.6) is 0 Å². The van der Waals surface area contributed by atoms with Gasteiger partial charge in [0.05, 0.1) is 6.61 Å². The van der Waals surface area contributed by atoms with Crippen LogP contribution in [-0.4, -0.2) is 31.2 Å². The lowest BCUT2D eigenvalue weighted by Gasteiger charge is -2.26. The smallest absolute Gasteiger partial charge is 0.123 e. The first kappa shape index (κ1) is 15.1. The number of hydrogen-bond acceptors (Lipinski definition) is 3. The fourth-order valence-corrected chi connectivity index (χ4v) is 1.89. The van der Waals surface area contributed by atoms with Crippen LogP contribution in [0, 0.1) is 5.82 Å². The lowest BCUT2D eigenvalue weighted by atomic mass is 10.1. The van der Waals surface area contributed by atoms with E-state index in [1.165, 1.54) is 6.07 Å². The molecule has 1 aromatic rings. The summed E-state index contributed by atoms with van der Waals surface area (Å²) >= 11 is 0. The molecule has 1 rings (SSSR count). The molecule has 0 aliphatic carbocycles. The Bertz CT molecular complexity index is 369. The minimum absolute atomic E-state index is 0.219. The van der Waals surface area contributed by atoms with Crippen LogP contribution >= 0.6 is 0 Å². The maximum Gasteiger partial charge on any atom is 0.123 e. The van der Waals surface area contributed by atoms with E-state index in [-0.39, 0.29) is 5.82 Å². The first-order valence-corrected chi connectivity index (χ1v) is 6.28. The van der Waals surface area contributed by atoms with E-state index in [9.17, 15) is 4.39 Å². The predicted octanol–water partition coefficient (Wildman–Crippen LogP) is 2.14. The van der Waals surface area contributed by atoms with Crippen LogP contribution < -0.4 is 5.73 Å². The third-order valence-electron chi connectivity index (χ3n) is 2.95. The number of hydrogen-bond donors (Lipinski definition) is 1. The maximum atomic E-state index is 13.4. The third kappa shape index (κ3) is 4.72. The lowest BCUT2D eigenvalue weighted by molar-refractivity contribution is 0.125. The van der Waals surface area contributed by atoms with E-state index in [4.69, 9.17) is 10.5 Å². The normalized spacial score (nSPS) is 11.5. The molecule has 18 heavy (non-hydrogen) atoms. The Balaban J connectivity index is 2.76. The van der Waals surface area contributed by atoms with Crippen LogP contribution in [0.25, 0.3) is 0 Å². The van der Waals surface area contributed by atoms with Crippen molar-refractivity contribution in [3.8, 4) is 0 Å². The first-order valence-electron chi connectivity index (χ1n) is 6.28. The van der Waals surface area contributed by atoms with Crippen molar-refractivity contribution in [1.29, 1.82) is 0 Å². The molecule has 0 amide bonds. The Labute approximate surface area is 109 Å². The van der Waals surface area contributed by atoms with E-state index in [1.54, 1.807) is 13.2 Å². The molecule has 4 heteroatoms. The van der Waals surface area contributed by atoms with E-state index in [2.05, 4.69) is 18.7 Å². The number of rotatable bonds is 7. The maximum absolute atomic E-state index is 13.4. The van der Waals surface area contributed by atoms with Crippen molar-refractivity contribution < 1.29 is 9.13 Å². The molecule has 2 N–H and O–H groups in total. The number of benzene rings is 1. The summed E-state index contributed by atoms with van der Waals surface area (Å²) in [6.07, 6.45) is 0. The van der Waals surface area contributed by atoms with Crippen LogP contribution in [-0.2, 0) is 17.8 Å². The van der Waals surface area contributed by atoms with Crippen molar-refractivity contribution in [2.75, 3.05) is 20.3 Å². The molecule has 102 valence electrons. The molecule has 0 fully saturated rings.